The number of hydrogen-bond donors (Lipinski definition) is 1. The fourth-order valence-electron chi connectivity index (χ4n) is 3.37. The molecule has 3 heteroatoms. The molecule has 1 aromatic carbocycles. The van der Waals surface area contributed by atoms with E-state index in [9.17, 15) is 0 Å². The molecule has 3 nitrogen and oxygen atoms in total. The number of rotatable bonds is 6. The van der Waals surface area contributed by atoms with Gasteiger partial charge in [-0.2, -0.15) is 0 Å². The van der Waals surface area contributed by atoms with Crippen LogP contribution in [0, 0.1) is 6.92 Å². The monoisotopic (exact) mass is 297 g/mol. The standard InChI is InChI=1S/C19H27N3/c1-15(10-11-17-7-4-3-5-8-17)20-13-18-9-6-12-22-14-16(2)21-19(18)22/h3-5,7-8,14-15,18,20H,6,9-13H2,1-2H3/t15-,18-/m0/s1. The molecule has 0 saturated heterocycles. The van der Waals surface area contributed by atoms with Gasteiger partial charge in [-0.25, -0.2) is 4.98 Å². The lowest BCUT2D eigenvalue weighted by molar-refractivity contribution is 0.399. The van der Waals surface area contributed by atoms with Crippen molar-refractivity contribution in [3.8, 4) is 0 Å². The van der Waals surface area contributed by atoms with E-state index in [0.717, 1.165) is 25.2 Å². The zero-order valence-corrected chi connectivity index (χ0v) is 13.8. The minimum Gasteiger partial charge on any atom is -0.334 e. The molecule has 3 rings (SSSR count). The van der Waals surface area contributed by atoms with Crippen molar-refractivity contribution in [2.24, 2.45) is 0 Å². The lowest BCUT2D eigenvalue weighted by atomic mass is 9.98. The minimum atomic E-state index is 0.548. The molecule has 118 valence electrons. The van der Waals surface area contributed by atoms with E-state index in [1.54, 1.807) is 0 Å². The fraction of sp³-hybridized carbons (Fsp3) is 0.526. The number of imidazole rings is 1. The largest absolute Gasteiger partial charge is 0.334 e. The van der Waals surface area contributed by atoms with Gasteiger partial charge in [-0.3, -0.25) is 0 Å². The van der Waals surface area contributed by atoms with Gasteiger partial charge in [-0.15, -0.1) is 0 Å². The Labute approximate surface area is 133 Å². The van der Waals surface area contributed by atoms with Crippen LogP contribution in [0.1, 0.15) is 49.2 Å². The van der Waals surface area contributed by atoms with Gasteiger partial charge in [-0.1, -0.05) is 30.3 Å². The first-order valence-corrected chi connectivity index (χ1v) is 8.53. The Hall–Kier alpha value is -1.61. The van der Waals surface area contributed by atoms with Gasteiger partial charge < -0.3 is 9.88 Å². The van der Waals surface area contributed by atoms with Crippen molar-refractivity contribution in [3.05, 3.63) is 53.6 Å². The number of benzene rings is 1. The van der Waals surface area contributed by atoms with Crippen LogP contribution >= 0.6 is 0 Å². The fourth-order valence-corrected chi connectivity index (χ4v) is 3.37. The summed E-state index contributed by atoms with van der Waals surface area (Å²) in [4.78, 5) is 4.73. The Morgan fingerprint density at radius 3 is 2.95 bits per heavy atom. The van der Waals surface area contributed by atoms with Gasteiger partial charge >= 0.3 is 0 Å². The summed E-state index contributed by atoms with van der Waals surface area (Å²) >= 11 is 0. The molecule has 1 aliphatic heterocycles. The Bertz CT molecular complexity index is 588. The van der Waals surface area contributed by atoms with Gasteiger partial charge in [0.05, 0.1) is 5.69 Å². The quantitative estimate of drug-likeness (QED) is 0.881. The summed E-state index contributed by atoms with van der Waals surface area (Å²) in [5.74, 6) is 1.85. The Kier molecular flexibility index (Phi) is 4.94. The Balaban J connectivity index is 1.48. The second-order valence-electron chi connectivity index (χ2n) is 6.61. The summed E-state index contributed by atoms with van der Waals surface area (Å²) in [6.07, 6.45) is 7.06. The van der Waals surface area contributed by atoms with E-state index in [2.05, 4.69) is 60.3 Å². The van der Waals surface area contributed by atoms with Crippen molar-refractivity contribution in [3.63, 3.8) is 0 Å². The highest BCUT2D eigenvalue weighted by molar-refractivity contribution is 5.15. The maximum atomic E-state index is 4.73. The van der Waals surface area contributed by atoms with Crippen LogP contribution < -0.4 is 5.32 Å². The molecule has 0 fully saturated rings. The third-order valence-electron chi connectivity index (χ3n) is 4.67. The van der Waals surface area contributed by atoms with Crippen LogP contribution in [0.2, 0.25) is 0 Å². The lowest BCUT2D eigenvalue weighted by Crippen LogP contribution is -2.33. The molecule has 0 amide bonds. The summed E-state index contributed by atoms with van der Waals surface area (Å²) in [5, 5.41) is 3.72. The Morgan fingerprint density at radius 2 is 2.14 bits per heavy atom. The molecule has 0 bridgehead atoms. The number of nitrogens with one attached hydrogen (secondary N) is 1. The summed E-state index contributed by atoms with van der Waals surface area (Å²) in [7, 11) is 0. The molecule has 2 heterocycles. The average Bonchev–Trinajstić information content (AvgIpc) is 2.92. The van der Waals surface area contributed by atoms with Crippen LogP contribution in [0.25, 0.3) is 0 Å². The first-order valence-electron chi connectivity index (χ1n) is 8.53. The number of fused-ring (bicyclic) bond motifs is 1. The molecule has 0 unspecified atom stereocenters. The number of nitrogens with zero attached hydrogens (tertiary/aromatic N) is 2. The summed E-state index contributed by atoms with van der Waals surface area (Å²) < 4.78 is 2.35. The summed E-state index contributed by atoms with van der Waals surface area (Å²) in [6.45, 7) is 6.57. The van der Waals surface area contributed by atoms with Crippen molar-refractivity contribution in [1.82, 2.24) is 14.9 Å². The summed E-state index contributed by atoms with van der Waals surface area (Å²) in [6, 6.07) is 11.3. The lowest BCUT2D eigenvalue weighted by Gasteiger charge is -2.25. The highest BCUT2D eigenvalue weighted by Crippen LogP contribution is 2.26. The minimum absolute atomic E-state index is 0.548. The highest BCUT2D eigenvalue weighted by Gasteiger charge is 2.22. The summed E-state index contributed by atoms with van der Waals surface area (Å²) in [5.41, 5.74) is 2.58. The van der Waals surface area contributed by atoms with Crippen LogP contribution in [0.4, 0.5) is 0 Å². The number of aryl methyl sites for hydroxylation is 3. The van der Waals surface area contributed by atoms with Crippen molar-refractivity contribution in [2.45, 2.75) is 58.0 Å². The third kappa shape index (κ3) is 3.77. The zero-order chi connectivity index (χ0) is 15.4. The first-order chi connectivity index (χ1) is 10.7. The van der Waals surface area contributed by atoms with Crippen molar-refractivity contribution < 1.29 is 0 Å². The second-order valence-corrected chi connectivity index (χ2v) is 6.61. The Morgan fingerprint density at radius 1 is 1.32 bits per heavy atom. The molecule has 22 heavy (non-hydrogen) atoms. The van der Waals surface area contributed by atoms with Crippen LogP contribution in [0.3, 0.4) is 0 Å². The molecule has 0 aliphatic carbocycles. The average molecular weight is 297 g/mol. The number of aromatic nitrogens is 2. The zero-order valence-electron chi connectivity index (χ0n) is 13.8. The first kappa shape index (κ1) is 15.3. The van der Waals surface area contributed by atoms with Gasteiger partial charge in [-0.05, 0) is 45.1 Å². The maximum absolute atomic E-state index is 4.73. The molecule has 2 atom stereocenters. The van der Waals surface area contributed by atoms with Crippen LogP contribution in [-0.4, -0.2) is 22.1 Å². The van der Waals surface area contributed by atoms with Gasteiger partial charge in [0, 0.05) is 31.2 Å². The van der Waals surface area contributed by atoms with Crippen molar-refractivity contribution in [2.75, 3.05) is 6.54 Å². The maximum Gasteiger partial charge on any atom is 0.113 e. The predicted molar refractivity (Wildman–Crippen MR) is 91.2 cm³/mol. The van der Waals surface area contributed by atoms with E-state index in [1.165, 1.54) is 30.7 Å². The molecule has 0 radical (unpaired) electrons. The predicted octanol–water partition coefficient (Wildman–Crippen LogP) is 3.68. The number of hydrogen-bond acceptors (Lipinski definition) is 2. The molecule has 2 aromatic rings. The van der Waals surface area contributed by atoms with E-state index in [1.807, 2.05) is 0 Å². The van der Waals surface area contributed by atoms with Crippen LogP contribution in [0.5, 0.6) is 0 Å². The van der Waals surface area contributed by atoms with E-state index in [-0.39, 0.29) is 0 Å². The smallest absolute Gasteiger partial charge is 0.113 e. The molecule has 0 saturated carbocycles. The van der Waals surface area contributed by atoms with Gasteiger partial charge in [0.1, 0.15) is 5.82 Å². The molecular formula is C19H27N3. The topological polar surface area (TPSA) is 29.9 Å². The van der Waals surface area contributed by atoms with Crippen molar-refractivity contribution >= 4 is 0 Å². The molecule has 1 aliphatic rings. The van der Waals surface area contributed by atoms with E-state index >= 15 is 0 Å². The third-order valence-corrected chi connectivity index (χ3v) is 4.67. The molecule has 0 spiro atoms. The van der Waals surface area contributed by atoms with Crippen LogP contribution in [0.15, 0.2) is 36.5 Å². The van der Waals surface area contributed by atoms with Crippen molar-refractivity contribution in [1.29, 1.82) is 0 Å². The van der Waals surface area contributed by atoms with E-state index in [0.29, 0.717) is 12.0 Å². The normalized spacial score (nSPS) is 18.9. The van der Waals surface area contributed by atoms with Gasteiger partial charge in [0.2, 0.25) is 0 Å². The second kappa shape index (κ2) is 7.10. The van der Waals surface area contributed by atoms with Gasteiger partial charge in [0.15, 0.2) is 0 Å². The van der Waals surface area contributed by atoms with Gasteiger partial charge in [0.25, 0.3) is 0 Å². The SMILES string of the molecule is Cc1cn2c(n1)[C@H](CN[C@@H](C)CCc1ccccc1)CCC2. The highest BCUT2D eigenvalue weighted by atomic mass is 15.1. The molecule has 1 N–H and O–H groups in total. The van der Waals surface area contributed by atoms with Crippen LogP contribution in [-0.2, 0) is 13.0 Å². The van der Waals surface area contributed by atoms with E-state index in [4.69, 9.17) is 4.98 Å². The van der Waals surface area contributed by atoms with E-state index < -0.39 is 0 Å². The molecule has 1 aromatic heterocycles. The molecular weight excluding hydrogens is 270 g/mol.